The molecule has 1 saturated heterocycles. The fraction of sp³-hybridized carbons (Fsp3) is 0.238. The molecule has 0 aliphatic carbocycles. The van der Waals surface area contributed by atoms with Crippen LogP contribution in [-0.2, 0) is 4.74 Å². The number of hydrogen-bond acceptors (Lipinski definition) is 8. The van der Waals surface area contributed by atoms with Crippen molar-refractivity contribution in [1.29, 1.82) is 0 Å². The van der Waals surface area contributed by atoms with Crippen molar-refractivity contribution >= 4 is 80.7 Å². The Labute approximate surface area is 215 Å². The summed E-state index contributed by atoms with van der Waals surface area (Å²) in [5.74, 6) is 1.38. The molecule has 1 fully saturated rings. The third-order valence-corrected chi connectivity index (χ3v) is 5.84. The van der Waals surface area contributed by atoms with Gasteiger partial charge >= 0.3 is 0 Å². The van der Waals surface area contributed by atoms with E-state index in [0.29, 0.717) is 31.1 Å². The van der Waals surface area contributed by atoms with Gasteiger partial charge in [0.25, 0.3) is 0 Å². The van der Waals surface area contributed by atoms with Gasteiger partial charge in [0.2, 0.25) is 17.8 Å². The van der Waals surface area contributed by atoms with E-state index in [2.05, 4.69) is 74.2 Å². The van der Waals surface area contributed by atoms with Gasteiger partial charge in [-0.2, -0.15) is 20.1 Å². The zero-order valence-electron chi connectivity index (χ0n) is 17.3. The Kier molecular flexibility index (Phi) is 9.02. The number of ether oxygens (including phenoxy) is 1. The van der Waals surface area contributed by atoms with Gasteiger partial charge in [-0.1, -0.05) is 18.2 Å². The van der Waals surface area contributed by atoms with Gasteiger partial charge in [0.1, 0.15) is 0 Å². The van der Waals surface area contributed by atoms with Crippen molar-refractivity contribution in [1.82, 2.24) is 15.0 Å². The van der Waals surface area contributed by atoms with Gasteiger partial charge in [0.05, 0.1) is 25.1 Å². The van der Waals surface area contributed by atoms with Crippen molar-refractivity contribution in [3.63, 3.8) is 0 Å². The molecule has 1 aliphatic heterocycles. The minimum atomic E-state index is 0. The molecule has 0 bridgehead atoms. The lowest BCUT2D eigenvalue weighted by Gasteiger charge is -2.27. The molecule has 0 saturated carbocycles. The van der Waals surface area contributed by atoms with Crippen molar-refractivity contribution in [3.05, 3.63) is 61.6 Å². The lowest BCUT2D eigenvalue weighted by molar-refractivity contribution is 0.122. The van der Waals surface area contributed by atoms with E-state index in [1.807, 2.05) is 49.4 Å². The highest BCUT2D eigenvalue weighted by Gasteiger charge is 2.17. The highest BCUT2D eigenvalue weighted by molar-refractivity contribution is 14.1. The Morgan fingerprint density at radius 1 is 1.09 bits per heavy atom. The number of rotatable bonds is 6. The van der Waals surface area contributed by atoms with E-state index in [1.165, 1.54) is 0 Å². The molecule has 0 atom stereocenters. The number of benzene rings is 2. The maximum atomic E-state index is 5.45. The number of aromatic nitrogens is 3. The van der Waals surface area contributed by atoms with Crippen LogP contribution in [0.1, 0.15) is 11.1 Å². The van der Waals surface area contributed by atoms with Crippen molar-refractivity contribution < 1.29 is 4.74 Å². The third-order valence-electron chi connectivity index (χ3n) is 4.52. The predicted octanol–water partition coefficient (Wildman–Crippen LogP) is 5.00. The Morgan fingerprint density at radius 3 is 2.62 bits per heavy atom. The largest absolute Gasteiger partial charge is 0.378 e. The first-order valence-corrected chi connectivity index (χ1v) is 11.6. The van der Waals surface area contributed by atoms with Crippen LogP contribution in [0.5, 0.6) is 0 Å². The van der Waals surface area contributed by atoms with Crippen molar-refractivity contribution in [2.24, 2.45) is 5.10 Å². The van der Waals surface area contributed by atoms with Crippen LogP contribution >= 0.6 is 50.9 Å². The zero-order valence-corrected chi connectivity index (χ0v) is 21.8. The Hall–Kier alpha value is -2.02. The lowest BCUT2D eigenvalue weighted by Crippen LogP contribution is -2.37. The number of nitrogens with zero attached hydrogens (tertiary/aromatic N) is 5. The molecule has 168 valence electrons. The lowest BCUT2D eigenvalue weighted by atomic mass is 10.2. The quantitative estimate of drug-likeness (QED) is 0.225. The van der Waals surface area contributed by atoms with Crippen molar-refractivity contribution in [2.75, 3.05) is 41.9 Å². The van der Waals surface area contributed by atoms with Crippen LogP contribution in [0.15, 0.2) is 52.0 Å². The first-order chi connectivity index (χ1) is 15.1. The van der Waals surface area contributed by atoms with E-state index >= 15 is 0 Å². The number of morpholine rings is 1. The van der Waals surface area contributed by atoms with E-state index in [1.54, 1.807) is 6.21 Å². The highest BCUT2D eigenvalue weighted by atomic mass is 127. The average Bonchev–Trinajstić information content (AvgIpc) is 2.76. The molecule has 0 amide bonds. The average molecular weight is 631 g/mol. The molecule has 32 heavy (non-hydrogen) atoms. The van der Waals surface area contributed by atoms with Gasteiger partial charge in [0.15, 0.2) is 0 Å². The SMILES string of the molecule is Cc1ccc(Nc2nc(N/N=C\c3cccc(I)c3)nc(N3CCOCC3)n2)c(Br)c1.Cl. The molecule has 8 nitrogen and oxygen atoms in total. The molecule has 2 heterocycles. The second-order valence-corrected chi connectivity index (χ2v) is 9.02. The third kappa shape index (κ3) is 6.74. The van der Waals surface area contributed by atoms with Gasteiger partial charge < -0.3 is 15.0 Å². The maximum Gasteiger partial charge on any atom is 0.250 e. The number of halogens is 3. The van der Waals surface area contributed by atoms with Gasteiger partial charge in [-0.25, -0.2) is 5.43 Å². The molecule has 3 aromatic rings. The monoisotopic (exact) mass is 629 g/mol. The molecule has 4 rings (SSSR count). The number of aryl methyl sites for hydroxylation is 1. The molecular formula is C21H22BrClIN7O. The summed E-state index contributed by atoms with van der Waals surface area (Å²) in [7, 11) is 0. The van der Waals surface area contributed by atoms with E-state index in [4.69, 9.17) is 4.74 Å². The fourth-order valence-electron chi connectivity index (χ4n) is 2.97. The summed E-state index contributed by atoms with van der Waals surface area (Å²) in [6, 6.07) is 14.1. The van der Waals surface area contributed by atoms with Crippen LogP contribution in [0.3, 0.4) is 0 Å². The Balaban J connectivity index is 0.00000289. The Morgan fingerprint density at radius 2 is 1.88 bits per heavy atom. The predicted molar refractivity (Wildman–Crippen MR) is 143 cm³/mol. The number of nitrogens with one attached hydrogen (secondary N) is 2. The van der Waals surface area contributed by atoms with Crippen LogP contribution in [-0.4, -0.2) is 47.5 Å². The fourth-order valence-corrected chi connectivity index (χ4v) is 4.13. The van der Waals surface area contributed by atoms with Crippen LogP contribution in [0.4, 0.5) is 23.5 Å². The maximum absolute atomic E-state index is 5.45. The summed E-state index contributed by atoms with van der Waals surface area (Å²) in [5, 5.41) is 7.58. The van der Waals surface area contributed by atoms with E-state index < -0.39 is 0 Å². The Bertz CT molecular complexity index is 1100. The van der Waals surface area contributed by atoms with Gasteiger partial charge in [-0.15, -0.1) is 12.4 Å². The summed E-state index contributed by atoms with van der Waals surface area (Å²) in [5.41, 5.74) is 5.96. The highest BCUT2D eigenvalue weighted by Crippen LogP contribution is 2.26. The smallest absolute Gasteiger partial charge is 0.250 e. The van der Waals surface area contributed by atoms with Crippen LogP contribution in [0, 0.1) is 10.5 Å². The molecule has 1 aliphatic rings. The number of hydrogen-bond donors (Lipinski definition) is 2. The first-order valence-electron chi connectivity index (χ1n) is 9.73. The van der Waals surface area contributed by atoms with Gasteiger partial charge in [-0.3, -0.25) is 0 Å². The number of hydrazone groups is 1. The standard InChI is InChI=1S/C21H21BrIN7O.ClH/c1-14-5-6-18(17(22)11-14)25-19-26-20(28-21(27-19)30-7-9-31-10-8-30)29-24-13-15-3-2-4-16(23)12-15;/h2-6,11-13H,7-10H2,1H3,(H2,25,26,27,28,29);1H/b24-13-;. The van der Waals surface area contributed by atoms with Gasteiger partial charge in [0, 0.05) is 21.1 Å². The summed E-state index contributed by atoms with van der Waals surface area (Å²) in [6.07, 6.45) is 1.74. The van der Waals surface area contributed by atoms with Crippen LogP contribution in [0.2, 0.25) is 0 Å². The minimum absolute atomic E-state index is 0. The molecule has 1 aromatic heterocycles. The normalized spacial score (nSPS) is 13.7. The minimum Gasteiger partial charge on any atom is -0.378 e. The topological polar surface area (TPSA) is 87.6 Å². The van der Waals surface area contributed by atoms with E-state index in [-0.39, 0.29) is 12.4 Å². The van der Waals surface area contributed by atoms with Crippen molar-refractivity contribution in [3.8, 4) is 0 Å². The van der Waals surface area contributed by atoms with Crippen molar-refractivity contribution in [2.45, 2.75) is 6.92 Å². The molecule has 0 radical (unpaired) electrons. The molecule has 0 spiro atoms. The molecular weight excluding hydrogens is 609 g/mol. The summed E-state index contributed by atoms with van der Waals surface area (Å²) >= 11 is 5.87. The summed E-state index contributed by atoms with van der Waals surface area (Å²) < 4.78 is 7.54. The summed E-state index contributed by atoms with van der Waals surface area (Å²) in [6.45, 7) is 4.78. The molecule has 2 aromatic carbocycles. The molecule has 0 unspecified atom stereocenters. The van der Waals surface area contributed by atoms with E-state index in [0.717, 1.165) is 37.9 Å². The first kappa shape index (κ1) is 24.6. The van der Waals surface area contributed by atoms with Gasteiger partial charge in [-0.05, 0) is 80.8 Å². The second kappa shape index (κ2) is 11.7. The molecule has 2 N–H and O–H groups in total. The zero-order chi connectivity index (χ0) is 21.6. The summed E-state index contributed by atoms with van der Waals surface area (Å²) in [4.78, 5) is 15.7. The van der Waals surface area contributed by atoms with Crippen LogP contribution < -0.4 is 15.6 Å². The van der Waals surface area contributed by atoms with Crippen LogP contribution in [0.25, 0.3) is 0 Å². The van der Waals surface area contributed by atoms with E-state index in [9.17, 15) is 0 Å². The molecule has 11 heteroatoms. The second-order valence-electron chi connectivity index (χ2n) is 6.92. The number of anilines is 4.